The van der Waals surface area contributed by atoms with Crippen molar-refractivity contribution < 1.29 is 4.39 Å². The summed E-state index contributed by atoms with van der Waals surface area (Å²) in [5.74, 6) is -0.0998. The monoisotopic (exact) mass is 292 g/mol. The summed E-state index contributed by atoms with van der Waals surface area (Å²) in [6.45, 7) is 4.14. The summed E-state index contributed by atoms with van der Waals surface area (Å²) in [7, 11) is 2.08. The van der Waals surface area contributed by atoms with Crippen LogP contribution >= 0.6 is 0 Å². The molecule has 2 nitrogen and oxygen atoms in total. The van der Waals surface area contributed by atoms with Gasteiger partial charge in [0.2, 0.25) is 0 Å². The van der Waals surface area contributed by atoms with E-state index in [1.165, 1.54) is 32.1 Å². The molecule has 1 N–H and O–H groups in total. The Labute approximate surface area is 128 Å². The van der Waals surface area contributed by atoms with Crippen molar-refractivity contribution in [3.8, 4) is 0 Å². The highest BCUT2D eigenvalue weighted by Gasteiger charge is 2.15. The largest absolute Gasteiger partial charge is 0.314 e. The van der Waals surface area contributed by atoms with Gasteiger partial charge >= 0.3 is 0 Å². The van der Waals surface area contributed by atoms with Gasteiger partial charge in [0.15, 0.2) is 0 Å². The van der Waals surface area contributed by atoms with Crippen LogP contribution in [0.25, 0.3) is 0 Å². The molecular formula is C18H29FN2. The average Bonchev–Trinajstić information content (AvgIpc) is 2.52. The molecule has 21 heavy (non-hydrogen) atoms. The van der Waals surface area contributed by atoms with E-state index in [0.717, 1.165) is 31.1 Å². The number of rotatable bonds is 7. The molecule has 118 valence electrons. The van der Waals surface area contributed by atoms with Gasteiger partial charge in [0.25, 0.3) is 0 Å². The lowest BCUT2D eigenvalue weighted by Gasteiger charge is -2.26. The minimum atomic E-state index is -0.0998. The van der Waals surface area contributed by atoms with Gasteiger partial charge in [-0.25, -0.2) is 4.39 Å². The van der Waals surface area contributed by atoms with E-state index in [9.17, 15) is 4.39 Å². The Kier molecular flexibility index (Phi) is 6.65. The van der Waals surface area contributed by atoms with E-state index in [0.29, 0.717) is 0 Å². The molecule has 1 aliphatic carbocycles. The van der Waals surface area contributed by atoms with Crippen LogP contribution in [0.3, 0.4) is 0 Å². The van der Waals surface area contributed by atoms with Crippen LogP contribution in [-0.2, 0) is 0 Å². The van der Waals surface area contributed by atoms with Crippen LogP contribution in [-0.4, -0.2) is 31.1 Å². The molecule has 0 aliphatic heterocycles. The topological polar surface area (TPSA) is 15.3 Å². The normalized spacial score (nSPS) is 18.1. The Bertz CT molecular complexity index is 415. The first kappa shape index (κ1) is 16.4. The van der Waals surface area contributed by atoms with Gasteiger partial charge < -0.3 is 5.32 Å². The molecule has 1 aromatic carbocycles. The highest BCUT2D eigenvalue weighted by atomic mass is 19.1. The molecule has 0 bridgehead atoms. The van der Waals surface area contributed by atoms with Gasteiger partial charge in [-0.3, -0.25) is 4.90 Å². The molecule has 0 radical (unpaired) electrons. The van der Waals surface area contributed by atoms with E-state index in [2.05, 4.69) is 24.2 Å². The van der Waals surface area contributed by atoms with Crippen LogP contribution in [0, 0.1) is 5.82 Å². The average molecular weight is 292 g/mol. The number of hydrogen-bond donors (Lipinski definition) is 1. The molecule has 3 heteroatoms. The lowest BCUT2D eigenvalue weighted by molar-refractivity contribution is 0.248. The molecule has 1 atom stereocenters. The van der Waals surface area contributed by atoms with Gasteiger partial charge in [-0.15, -0.1) is 0 Å². The SMILES string of the molecule is CC(c1ccccc1F)N(C)CCCNC1CCCCC1. The molecule has 1 saturated carbocycles. The van der Waals surface area contributed by atoms with Crippen LogP contribution < -0.4 is 5.32 Å². The van der Waals surface area contributed by atoms with Crippen LogP contribution in [0.1, 0.15) is 57.1 Å². The van der Waals surface area contributed by atoms with E-state index in [4.69, 9.17) is 0 Å². The van der Waals surface area contributed by atoms with Crippen LogP contribution in [0.15, 0.2) is 24.3 Å². The van der Waals surface area contributed by atoms with Gasteiger partial charge in [0.1, 0.15) is 5.82 Å². The second-order valence-corrected chi connectivity index (χ2v) is 6.32. The van der Waals surface area contributed by atoms with E-state index in [1.807, 2.05) is 12.1 Å². The molecule has 0 amide bonds. The third-order valence-electron chi connectivity index (χ3n) is 4.74. The first-order valence-electron chi connectivity index (χ1n) is 8.36. The molecular weight excluding hydrogens is 263 g/mol. The molecule has 0 spiro atoms. The van der Waals surface area contributed by atoms with Crippen molar-refractivity contribution in [2.24, 2.45) is 0 Å². The van der Waals surface area contributed by atoms with Crippen LogP contribution in [0.2, 0.25) is 0 Å². The minimum absolute atomic E-state index is 0.0998. The smallest absolute Gasteiger partial charge is 0.127 e. The predicted molar refractivity (Wildman–Crippen MR) is 86.9 cm³/mol. The second kappa shape index (κ2) is 8.50. The zero-order valence-corrected chi connectivity index (χ0v) is 13.4. The number of benzene rings is 1. The highest BCUT2D eigenvalue weighted by Crippen LogP contribution is 2.21. The predicted octanol–water partition coefficient (Wildman–Crippen LogP) is 4.13. The van der Waals surface area contributed by atoms with Gasteiger partial charge in [-0.1, -0.05) is 37.5 Å². The standard InChI is InChI=1S/C18H29FN2/c1-15(17-11-6-7-12-18(17)19)21(2)14-8-13-20-16-9-4-3-5-10-16/h6-7,11-12,15-16,20H,3-5,8-10,13-14H2,1-2H3. The summed E-state index contributed by atoms with van der Waals surface area (Å²) in [5.41, 5.74) is 0.792. The summed E-state index contributed by atoms with van der Waals surface area (Å²) in [4.78, 5) is 2.24. The maximum absolute atomic E-state index is 13.8. The van der Waals surface area contributed by atoms with Crippen LogP contribution in [0.5, 0.6) is 0 Å². The van der Waals surface area contributed by atoms with Gasteiger partial charge in [0, 0.05) is 17.6 Å². The van der Waals surface area contributed by atoms with Crippen molar-refractivity contribution in [1.82, 2.24) is 10.2 Å². The fourth-order valence-corrected chi connectivity index (χ4v) is 3.19. The fraction of sp³-hybridized carbons (Fsp3) is 0.667. The van der Waals surface area contributed by atoms with Crippen molar-refractivity contribution in [2.45, 2.75) is 57.5 Å². The maximum atomic E-state index is 13.8. The zero-order chi connectivity index (χ0) is 15.1. The third kappa shape index (κ3) is 5.08. The first-order valence-corrected chi connectivity index (χ1v) is 8.36. The van der Waals surface area contributed by atoms with E-state index in [1.54, 1.807) is 12.1 Å². The fourth-order valence-electron chi connectivity index (χ4n) is 3.19. The lowest BCUT2D eigenvalue weighted by atomic mass is 9.95. The van der Waals surface area contributed by atoms with Crippen molar-refractivity contribution in [3.05, 3.63) is 35.6 Å². The molecule has 2 rings (SSSR count). The van der Waals surface area contributed by atoms with Crippen molar-refractivity contribution >= 4 is 0 Å². The third-order valence-corrected chi connectivity index (χ3v) is 4.74. The summed E-state index contributed by atoms with van der Waals surface area (Å²) >= 11 is 0. The molecule has 1 aromatic rings. The lowest BCUT2D eigenvalue weighted by Crippen LogP contribution is -2.33. The Hall–Kier alpha value is -0.930. The van der Waals surface area contributed by atoms with Gasteiger partial charge in [-0.2, -0.15) is 0 Å². The van der Waals surface area contributed by atoms with Gasteiger partial charge in [-0.05, 0) is 52.4 Å². The first-order chi connectivity index (χ1) is 10.2. The number of hydrogen-bond acceptors (Lipinski definition) is 2. The Balaban J connectivity index is 1.69. The molecule has 1 aliphatic rings. The minimum Gasteiger partial charge on any atom is -0.314 e. The number of nitrogens with one attached hydrogen (secondary N) is 1. The summed E-state index contributed by atoms with van der Waals surface area (Å²) < 4.78 is 13.8. The van der Waals surface area contributed by atoms with Gasteiger partial charge in [0.05, 0.1) is 0 Å². The Morgan fingerprint density at radius 2 is 1.95 bits per heavy atom. The van der Waals surface area contributed by atoms with E-state index in [-0.39, 0.29) is 11.9 Å². The molecule has 1 fully saturated rings. The van der Waals surface area contributed by atoms with Crippen molar-refractivity contribution in [3.63, 3.8) is 0 Å². The molecule has 0 aromatic heterocycles. The summed E-state index contributed by atoms with van der Waals surface area (Å²) in [6.07, 6.45) is 7.94. The van der Waals surface area contributed by atoms with E-state index < -0.39 is 0 Å². The van der Waals surface area contributed by atoms with Crippen molar-refractivity contribution in [2.75, 3.05) is 20.1 Å². The highest BCUT2D eigenvalue weighted by molar-refractivity contribution is 5.20. The molecule has 0 heterocycles. The number of nitrogens with zero attached hydrogens (tertiary/aromatic N) is 1. The van der Waals surface area contributed by atoms with Crippen molar-refractivity contribution in [1.29, 1.82) is 0 Å². The maximum Gasteiger partial charge on any atom is 0.127 e. The zero-order valence-electron chi connectivity index (χ0n) is 13.4. The Morgan fingerprint density at radius 3 is 2.67 bits per heavy atom. The molecule has 1 unspecified atom stereocenters. The van der Waals surface area contributed by atoms with E-state index >= 15 is 0 Å². The second-order valence-electron chi connectivity index (χ2n) is 6.32. The quantitative estimate of drug-likeness (QED) is 0.760. The van der Waals surface area contributed by atoms with Crippen LogP contribution in [0.4, 0.5) is 4.39 Å². The summed E-state index contributed by atoms with van der Waals surface area (Å²) in [5, 5.41) is 3.67. The Morgan fingerprint density at radius 1 is 1.24 bits per heavy atom. The number of halogens is 1. The summed E-state index contributed by atoms with van der Waals surface area (Å²) in [6, 6.07) is 7.95. The molecule has 0 saturated heterocycles.